The molecule has 26 heavy (non-hydrogen) atoms. The summed E-state index contributed by atoms with van der Waals surface area (Å²) in [5, 5.41) is 7.34. The fourth-order valence-electron chi connectivity index (χ4n) is 5.03. The molecule has 0 aromatic heterocycles. The predicted octanol–water partition coefficient (Wildman–Crippen LogP) is 3.27. The molecule has 142 valence electrons. The van der Waals surface area contributed by atoms with Crippen molar-refractivity contribution in [1.82, 2.24) is 10.6 Å². The Balaban J connectivity index is 1.51. The number of aliphatic imine (C=N–C) groups is 1. The van der Waals surface area contributed by atoms with Gasteiger partial charge >= 0.3 is 0 Å². The van der Waals surface area contributed by atoms with Crippen LogP contribution in [0.25, 0.3) is 0 Å². The highest BCUT2D eigenvalue weighted by atomic mass is 16.5. The molecule has 1 saturated heterocycles. The summed E-state index contributed by atoms with van der Waals surface area (Å²) in [4.78, 5) is 4.52. The predicted molar refractivity (Wildman–Crippen MR) is 104 cm³/mol. The highest BCUT2D eigenvalue weighted by Crippen LogP contribution is 2.52. The smallest absolute Gasteiger partial charge is 0.191 e. The highest BCUT2D eigenvalue weighted by molar-refractivity contribution is 5.81. The van der Waals surface area contributed by atoms with Crippen LogP contribution in [0.4, 0.5) is 0 Å². The van der Waals surface area contributed by atoms with Crippen LogP contribution in [0.1, 0.15) is 52.1 Å². The Morgan fingerprint density at radius 1 is 1.15 bits per heavy atom. The number of rotatable bonds is 2. The van der Waals surface area contributed by atoms with E-state index in [1.165, 1.54) is 5.56 Å². The summed E-state index contributed by atoms with van der Waals surface area (Å²) in [6.45, 7) is 9.74. The lowest BCUT2D eigenvalue weighted by Crippen LogP contribution is -2.68. The van der Waals surface area contributed by atoms with E-state index in [2.05, 4.69) is 61.5 Å². The van der Waals surface area contributed by atoms with Crippen molar-refractivity contribution in [1.29, 1.82) is 0 Å². The third kappa shape index (κ3) is 2.86. The zero-order valence-corrected chi connectivity index (χ0v) is 16.5. The van der Waals surface area contributed by atoms with Gasteiger partial charge in [0, 0.05) is 43.0 Å². The van der Waals surface area contributed by atoms with Crippen LogP contribution in [0.3, 0.4) is 0 Å². The average Bonchev–Trinajstić information content (AvgIpc) is 3.04. The van der Waals surface area contributed by atoms with Crippen molar-refractivity contribution in [2.75, 3.05) is 13.7 Å². The lowest BCUT2D eigenvalue weighted by Gasteiger charge is -2.55. The largest absolute Gasteiger partial charge is 0.487 e. The Hall–Kier alpha value is -1.75. The lowest BCUT2D eigenvalue weighted by molar-refractivity contribution is -0.106. The molecule has 1 aromatic carbocycles. The second-order valence-electron chi connectivity index (χ2n) is 9.06. The maximum atomic E-state index is 6.15. The van der Waals surface area contributed by atoms with E-state index in [9.17, 15) is 0 Å². The molecule has 5 heteroatoms. The van der Waals surface area contributed by atoms with E-state index in [4.69, 9.17) is 9.47 Å². The van der Waals surface area contributed by atoms with Gasteiger partial charge in [-0.05, 0) is 26.3 Å². The first kappa shape index (κ1) is 17.7. The van der Waals surface area contributed by atoms with Crippen LogP contribution < -0.4 is 15.4 Å². The molecule has 2 heterocycles. The fourth-order valence-corrected chi connectivity index (χ4v) is 5.03. The Bertz CT molecular complexity index is 713. The molecule has 0 radical (unpaired) electrons. The minimum absolute atomic E-state index is 0.131. The lowest BCUT2D eigenvalue weighted by atomic mass is 9.57. The molecule has 5 nitrogen and oxygen atoms in total. The molecule has 2 aliphatic heterocycles. The van der Waals surface area contributed by atoms with Crippen molar-refractivity contribution >= 4 is 5.96 Å². The number of hydrogen-bond donors (Lipinski definition) is 2. The van der Waals surface area contributed by atoms with Crippen LogP contribution in [0.15, 0.2) is 29.3 Å². The monoisotopic (exact) mass is 357 g/mol. The summed E-state index contributed by atoms with van der Waals surface area (Å²) in [7, 11) is 1.85. The van der Waals surface area contributed by atoms with Crippen molar-refractivity contribution in [3.63, 3.8) is 0 Å². The van der Waals surface area contributed by atoms with Crippen molar-refractivity contribution in [3.05, 3.63) is 29.8 Å². The molecule has 2 fully saturated rings. The molecule has 0 amide bonds. The SMILES string of the molecule is CN=C(NC1CC(C)(C)Oc2ccccc21)NC1C2CCOC2C1(C)C. The van der Waals surface area contributed by atoms with Gasteiger partial charge in [-0.2, -0.15) is 0 Å². The van der Waals surface area contributed by atoms with Gasteiger partial charge in [0.05, 0.1) is 12.1 Å². The van der Waals surface area contributed by atoms with Gasteiger partial charge in [-0.15, -0.1) is 0 Å². The van der Waals surface area contributed by atoms with Crippen molar-refractivity contribution in [2.24, 2.45) is 16.3 Å². The molecule has 1 aliphatic carbocycles. The van der Waals surface area contributed by atoms with Gasteiger partial charge in [-0.25, -0.2) is 0 Å². The molecule has 4 unspecified atom stereocenters. The second-order valence-corrected chi connectivity index (χ2v) is 9.06. The summed E-state index contributed by atoms with van der Waals surface area (Å²) >= 11 is 0. The van der Waals surface area contributed by atoms with Crippen LogP contribution in [-0.2, 0) is 4.74 Å². The number of guanidine groups is 1. The van der Waals surface area contributed by atoms with E-state index in [1.807, 2.05) is 13.1 Å². The van der Waals surface area contributed by atoms with Gasteiger partial charge in [0.15, 0.2) is 5.96 Å². The number of nitrogens with zero attached hydrogens (tertiary/aromatic N) is 1. The molecule has 0 bridgehead atoms. The van der Waals surface area contributed by atoms with Gasteiger partial charge in [0.1, 0.15) is 11.4 Å². The number of ether oxygens (including phenoxy) is 2. The fraction of sp³-hybridized carbons (Fsp3) is 0.667. The second kappa shape index (κ2) is 6.15. The number of nitrogens with one attached hydrogen (secondary N) is 2. The first-order valence-corrected chi connectivity index (χ1v) is 9.71. The first-order valence-electron chi connectivity index (χ1n) is 9.71. The summed E-state index contributed by atoms with van der Waals surface area (Å²) in [6, 6.07) is 8.87. The molecular weight excluding hydrogens is 326 g/mol. The van der Waals surface area contributed by atoms with Crippen LogP contribution in [0.5, 0.6) is 5.75 Å². The Morgan fingerprint density at radius 3 is 2.69 bits per heavy atom. The molecule has 1 saturated carbocycles. The molecule has 4 atom stereocenters. The first-order chi connectivity index (χ1) is 12.3. The van der Waals surface area contributed by atoms with E-state index in [0.29, 0.717) is 18.1 Å². The van der Waals surface area contributed by atoms with Crippen LogP contribution in [0.2, 0.25) is 0 Å². The quantitative estimate of drug-likeness (QED) is 0.630. The summed E-state index contributed by atoms with van der Waals surface area (Å²) in [6.07, 6.45) is 2.41. The maximum absolute atomic E-state index is 6.15. The molecule has 2 N–H and O–H groups in total. The maximum Gasteiger partial charge on any atom is 0.191 e. The Morgan fingerprint density at radius 2 is 1.92 bits per heavy atom. The highest BCUT2D eigenvalue weighted by Gasteiger charge is 2.59. The van der Waals surface area contributed by atoms with Gasteiger partial charge in [-0.3, -0.25) is 4.99 Å². The van der Waals surface area contributed by atoms with Gasteiger partial charge in [0.25, 0.3) is 0 Å². The van der Waals surface area contributed by atoms with Gasteiger partial charge in [0.2, 0.25) is 0 Å². The minimum atomic E-state index is -0.203. The molecule has 3 aliphatic rings. The standard InChI is InChI=1S/C21H31N3O2/c1-20(2)12-15(13-8-6-7-9-16(13)26-20)23-19(22-5)24-17-14-10-11-25-18(14)21(17,3)4/h6-9,14-15,17-18H,10-12H2,1-5H3,(H2,22,23,24). The Labute approximate surface area is 156 Å². The van der Waals surface area contributed by atoms with E-state index in [1.54, 1.807) is 0 Å². The number of fused-ring (bicyclic) bond motifs is 2. The average molecular weight is 357 g/mol. The zero-order chi connectivity index (χ0) is 18.5. The molecule has 1 aromatic rings. The molecular formula is C21H31N3O2. The van der Waals surface area contributed by atoms with Crippen molar-refractivity contribution in [2.45, 2.75) is 64.3 Å². The van der Waals surface area contributed by atoms with Crippen LogP contribution >= 0.6 is 0 Å². The zero-order valence-electron chi connectivity index (χ0n) is 16.5. The van der Waals surface area contributed by atoms with E-state index < -0.39 is 0 Å². The summed E-state index contributed by atoms with van der Waals surface area (Å²) in [5.74, 6) is 2.41. The van der Waals surface area contributed by atoms with Crippen molar-refractivity contribution in [3.8, 4) is 5.75 Å². The van der Waals surface area contributed by atoms with Crippen molar-refractivity contribution < 1.29 is 9.47 Å². The number of benzene rings is 1. The third-order valence-electron chi connectivity index (χ3n) is 6.30. The molecule has 4 rings (SSSR count). The van der Waals surface area contributed by atoms with E-state index >= 15 is 0 Å². The van der Waals surface area contributed by atoms with Gasteiger partial charge in [-0.1, -0.05) is 32.0 Å². The Kier molecular flexibility index (Phi) is 4.18. The van der Waals surface area contributed by atoms with Gasteiger partial charge < -0.3 is 20.1 Å². The minimum Gasteiger partial charge on any atom is -0.487 e. The van der Waals surface area contributed by atoms with Crippen LogP contribution in [-0.4, -0.2) is 37.4 Å². The summed E-state index contributed by atoms with van der Waals surface area (Å²) < 4.78 is 12.1. The number of para-hydroxylation sites is 1. The van der Waals surface area contributed by atoms with E-state index in [0.717, 1.165) is 31.2 Å². The van der Waals surface area contributed by atoms with E-state index in [-0.39, 0.29) is 17.1 Å². The topological polar surface area (TPSA) is 54.9 Å². The normalized spacial score (nSPS) is 34.1. The molecule has 0 spiro atoms. The third-order valence-corrected chi connectivity index (χ3v) is 6.30. The van der Waals surface area contributed by atoms with Crippen LogP contribution in [0, 0.1) is 11.3 Å². The number of hydrogen-bond acceptors (Lipinski definition) is 3. The summed E-state index contributed by atoms with van der Waals surface area (Å²) in [5.41, 5.74) is 1.13.